The van der Waals surface area contributed by atoms with Crippen molar-refractivity contribution in [2.24, 2.45) is 0 Å². The predicted molar refractivity (Wildman–Crippen MR) is 125 cm³/mol. The number of halogens is 2. The molecule has 0 fully saturated rings. The van der Waals surface area contributed by atoms with Crippen LogP contribution in [0.4, 0.5) is 17.3 Å². The first-order valence-corrected chi connectivity index (χ1v) is 10.6. The van der Waals surface area contributed by atoms with Crippen LogP contribution >= 0.6 is 23.2 Å². The maximum absolute atomic E-state index is 13.0. The molecule has 1 aliphatic heterocycles. The quantitative estimate of drug-likeness (QED) is 0.392. The number of carbonyl (C=O) groups is 1. The van der Waals surface area contributed by atoms with Gasteiger partial charge in [0.2, 0.25) is 11.8 Å². The summed E-state index contributed by atoms with van der Waals surface area (Å²) < 4.78 is 5.75. The normalized spacial score (nSPS) is 13.2. The van der Waals surface area contributed by atoms with Crippen LogP contribution in [0.25, 0.3) is 10.9 Å². The molecule has 0 saturated carbocycles. The maximum atomic E-state index is 13.0. The predicted octanol–water partition coefficient (Wildman–Crippen LogP) is 4.72. The number of amides is 1. The lowest BCUT2D eigenvalue weighted by Gasteiger charge is -2.29. The number of aromatic amines is 1. The molecule has 0 unspecified atom stereocenters. The first-order valence-electron chi connectivity index (χ1n) is 9.82. The van der Waals surface area contributed by atoms with E-state index in [0.29, 0.717) is 28.2 Å². The molecule has 0 spiro atoms. The van der Waals surface area contributed by atoms with E-state index in [4.69, 9.17) is 27.9 Å². The zero-order valence-corrected chi connectivity index (χ0v) is 18.5. The van der Waals surface area contributed by atoms with Crippen LogP contribution in [-0.4, -0.2) is 34.6 Å². The molecule has 1 amide bonds. The van der Waals surface area contributed by atoms with E-state index in [9.17, 15) is 4.79 Å². The van der Waals surface area contributed by atoms with Crippen LogP contribution in [-0.2, 0) is 6.54 Å². The Morgan fingerprint density at radius 1 is 1.22 bits per heavy atom. The Bertz CT molecular complexity index is 1320. The summed E-state index contributed by atoms with van der Waals surface area (Å²) in [4.78, 5) is 26.3. The SMILES string of the molecule is CNCc1cc(Nc2ncc3c(n2)OCN(c2c(Cl)cccc2Cl)C3=O)cc2[nH]ccc12. The average molecular weight is 469 g/mol. The zero-order chi connectivity index (χ0) is 22.2. The smallest absolute Gasteiger partial charge is 0.268 e. The first-order chi connectivity index (χ1) is 15.5. The monoisotopic (exact) mass is 468 g/mol. The molecule has 0 atom stereocenters. The van der Waals surface area contributed by atoms with Gasteiger partial charge in [-0.1, -0.05) is 29.3 Å². The standard InChI is InChI=1S/C22H18Cl2N6O2/c1-25-9-12-7-13(8-18-14(12)5-6-26-18)28-22-27-10-15-20(29-22)32-11-30(21(15)31)19-16(23)3-2-4-17(19)24/h2-8,10,25-26H,9,11H2,1H3,(H,27,28,29). The van der Waals surface area contributed by atoms with Gasteiger partial charge in [-0.2, -0.15) is 4.98 Å². The van der Waals surface area contributed by atoms with E-state index in [1.54, 1.807) is 18.2 Å². The van der Waals surface area contributed by atoms with E-state index < -0.39 is 0 Å². The maximum Gasteiger partial charge on any atom is 0.268 e. The van der Waals surface area contributed by atoms with Crippen LogP contribution in [0.2, 0.25) is 10.0 Å². The summed E-state index contributed by atoms with van der Waals surface area (Å²) in [7, 11) is 1.90. The second-order valence-corrected chi connectivity index (χ2v) is 8.03. The number of benzene rings is 2. The van der Waals surface area contributed by atoms with E-state index in [-0.39, 0.29) is 24.1 Å². The number of aromatic nitrogens is 3. The summed E-state index contributed by atoms with van der Waals surface area (Å²) in [6.45, 7) is 0.652. The number of hydrogen-bond donors (Lipinski definition) is 3. The van der Waals surface area contributed by atoms with Gasteiger partial charge in [-0.05, 0) is 42.9 Å². The van der Waals surface area contributed by atoms with Gasteiger partial charge in [-0.3, -0.25) is 9.69 Å². The van der Waals surface area contributed by atoms with Gasteiger partial charge in [0.1, 0.15) is 5.56 Å². The topological polar surface area (TPSA) is 95.2 Å². The molecule has 162 valence electrons. The number of hydrogen-bond acceptors (Lipinski definition) is 6. The van der Waals surface area contributed by atoms with Crippen molar-refractivity contribution < 1.29 is 9.53 Å². The second kappa shape index (κ2) is 8.31. The van der Waals surface area contributed by atoms with Crippen molar-refractivity contribution in [2.45, 2.75) is 6.54 Å². The van der Waals surface area contributed by atoms with Crippen molar-refractivity contribution in [3.05, 3.63) is 70.0 Å². The van der Waals surface area contributed by atoms with E-state index in [1.165, 1.54) is 11.1 Å². The molecule has 3 heterocycles. The van der Waals surface area contributed by atoms with Crippen molar-refractivity contribution in [3.63, 3.8) is 0 Å². The molecule has 2 aromatic carbocycles. The summed E-state index contributed by atoms with van der Waals surface area (Å²) in [6.07, 6.45) is 3.34. The van der Waals surface area contributed by atoms with Gasteiger partial charge in [0.15, 0.2) is 6.73 Å². The highest BCUT2D eigenvalue weighted by molar-refractivity contribution is 6.40. The molecule has 8 nitrogen and oxygen atoms in total. The van der Waals surface area contributed by atoms with Crippen molar-refractivity contribution in [1.82, 2.24) is 20.3 Å². The third-order valence-electron chi connectivity index (χ3n) is 5.15. The highest BCUT2D eigenvalue weighted by Crippen LogP contribution is 2.37. The van der Waals surface area contributed by atoms with Gasteiger partial charge in [-0.15, -0.1) is 0 Å². The summed E-state index contributed by atoms with van der Waals surface area (Å²) in [6, 6.07) is 11.1. The van der Waals surface area contributed by atoms with Crippen LogP contribution < -0.4 is 20.3 Å². The fraction of sp³-hybridized carbons (Fsp3) is 0.136. The van der Waals surface area contributed by atoms with Gasteiger partial charge < -0.3 is 20.4 Å². The second-order valence-electron chi connectivity index (χ2n) is 7.22. The van der Waals surface area contributed by atoms with Gasteiger partial charge in [0, 0.05) is 35.5 Å². The molecule has 2 aromatic heterocycles. The molecule has 0 radical (unpaired) electrons. The number of carbonyl (C=O) groups excluding carboxylic acids is 1. The summed E-state index contributed by atoms with van der Waals surface area (Å²) in [5, 5.41) is 8.22. The number of ether oxygens (including phenoxy) is 1. The van der Waals surface area contributed by atoms with Crippen molar-refractivity contribution >= 4 is 57.3 Å². The highest BCUT2D eigenvalue weighted by atomic mass is 35.5. The lowest BCUT2D eigenvalue weighted by Crippen LogP contribution is -2.39. The van der Waals surface area contributed by atoms with Crippen LogP contribution in [0.5, 0.6) is 5.88 Å². The molecule has 32 heavy (non-hydrogen) atoms. The number of rotatable bonds is 5. The summed E-state index contributed by atoms with van der Waals surface area (Å²) in [5.41, 5.74) is 3.57. The zero-order valence-electron chi connectivity index (χ0n) is 16.9. The average Bonchev–Trinajstić information content (AvgIpc) is 3.24. The van der Waals surface area contributed by atoms with E-state index in [1.807, 2.05) is 31.4 Å². The Morgan fingerprint density at radius 2 is 2.03 bits per heavy atom. The third kappa shape index (κ3) is 3.62. The number of H-pyrrole nitrogens is 1. The van der Waals surface area contributed by atoms with Crippen molar-refractivity contribution in [1.29, 1.82) is 0 Å². The molecule has 3 N–H and O–H groups in total. The molecule has 10 heteroatoms. The Kier molecular flexibility index (Phi) is 5.34. The number of anilines is 3. The van der Waals surface area contributed by atoms with Gasteiger partial charge in [0.25, 0.3) is 5.91 Å². The van der Waals surface area contributed by atoms with E-state index in [2.05, 4.69) is 25.6 Å². The number of para-hydroxylation sites is 1. The van der Waals surface area contributed by atoms with Crippen LogP contribution in [0, 0.1) is 0 Å². The Morgan fingerprint density at radius 3 is 2.81 bits per heavy atom. The third-order valence-corrected chi connectivity index (χ3v) is 5.76. The fourth-order valence-electron chi connectivity index (χ4n) is 3.71. The Hall–Kier alpha value is -3.33. The molecule has 1 aliphatic rings. The molecule has 0 aliphatic carbocycles. The van der Waals surface area contributed by atoms with Crippen molar-refractivity contribution in [3.8, 4) is 5.88 Å². The minimum absolute atomic E-state index is 0.0630. The highest BCUT2D eigenvalue weighted by Gasteiger charge is 2.31. The minimum Gasteiger partial charge on any atom is -0.455 e. The molecular formula is C22H18Cl2N6O2. The minimum atomic E-state index is -0.336. The van der Waals surface area contributed by atoms with Gasteiger partial charge in [-0.25, -0.2) is 4.98 Å². The lowest BCUT2D eigenvalue weighted by molar-refractivity contribution is 0.0932. The number of nitrogens with zero attached hydrogens (tertiary/aromatic N) is 3. The molecule has 4 aromatic rings. The number of nitrogens with one attached hydrogen (secondary N) is 3. The first kappa shape index (κ1) is 20.6. The molecule has 0 bridgehead atoms. The molecular weight excluding hydrogens is 451 g/mol. The van der Waals surface area contributed by atoms with E-state index in [0.717, 1.165) is 22.2 Å². The molecule has 0 saturated heterocycles. The summed E-state index contributed by atoms with van der Waals surface area (Å²) >= 11 is 12.5. The number of fused-ring (bicyclic) bond motifs is 2. The van der Waals surface area contributed by atoms with Gasteiger partial charge in [0.05, 0.1) is 15.7 Å². The Labute approximate surface area is 193 Å². The van der Waals surface area contributed by atoms with E-state index >= 15 is 0 Å². The largest absolute Gasteiger partial charge is 0.455 e. The fourth-order valence-corrected chi connectivity index (χ4v) is 4.31. The lowest BCUT2D eigenvalue weighted by atomic mass is 10.1. The Balaban J connectivity index is 1.43. The molecule has 5 rings (SSSR count). The van der Waals surface area contributed by atoms with Crippen molar-refractivity contribution in [2.75, 3.05) is 24.0 Å². The summed E-state index contributed by atoms with van der Waals surface area (Å²) in [5.74, 6) is 0.183. The van der Waals surface area contributed by atoms with Crippen LogP contribution in [0.3, 0.4) is 0 Å². The van der Waals surface area contributed by atoms with Gasteiger partial charge >= 0.3 is 0 Å². The van der Waals surface area contributed by atoms with Crippen LogP contribution in [0.1, 0.15) is 15.9 Å². The van der Waals surface area contributed by atoms with Crippen LogP contribution in [0.15, 0.2) is 48.8 Å².